The van der Waals surface area contributed by atoms with Gasteiger partial charge < -0.3 is 15.2 Å². The SMILES string of the molecule is CC1CCC(CN2CC(CN)OCC2C)O1. The zero-order valence-electron chi connectivity index (χ0n) is 10.4. The highest BCUT2D eigenvalue weighted by Gasteiger charge is 2.30. The maximum Gasteiger partial charge on any atom is 0.0824 e. The van der Waals surface area contributed by atoms with E-state index in [2.05, 4.69) is 18.7 Å². The van der Waals surface area contributed by atoms with Crippen LogP contribution in [0.4, 0.5) is 0 Å². The Balaban J connectivity index is 1.82. The molecule has 2 fully saturated rings. The van der Waals surface area contributed by atoms with Gasteiger partial charge in [-0.25, -0.2) is 0 Å². The van der Waals surface area contributed by atoms with Gasteiger partial charge in [0, 0.05) is 25.7 Å². The van der Waals surface area contributed by atoms with Gasteiger partial charge in [0.1, 0.15) is 0 Å². The fraction of sp³-hybridized carbons (Fsp3) is 1.00. The first kappa shape index (κ1) is 12.3. The third-order valence-electron chi connectivity index (χ3n) is 3.66. The van der Waals surface area contributed by atoms with Crippen molar-refractivity contribution in [1.82, 2.24) is 4.90 Å². The highest BCUT2D eigenvalue weighted by atomic mass is 16.5. The summed E-state index contributed by atoms with van der Waals surface area (Å²) in [5.74, 6) is 0. The van der Waals surface area contributed by atoms with Gasteiger partial charge in [-0.15, -0.1) is 0 Å². The number of morpholine rings is 1. The first-order valence-corrected chi connectivity index (χ1v) is 6.40. The average Bonchev–Trinajstić information content (AvgIpc) is 2.67. The maximum absolute atomic E-state index is 5.87. The molecule has 0 bridgehead atoms. The molecule has 0 amide bonds. The Morgan fingerprint density at radius 1 is 1.25 bits per heavy atom. The molecule has 0 saturated carbocycles. The van der Waals surface area contributed by atoms with E-state index in [9.17, 15) is 0 Å². The van der Waals surface area contributed by atoms with Gasteiger partial charge in [-0.05, 0) is 26.7 Å². The molecule has 0 aromatic carbocycles. The Morgan fingerprint density at radius 3 is 2.69 bits per heavy atom. The minimum atomic E-state index is 0.204. The van der Waals surface area contributed by atoms with Crippen LogP contribution in [0.5, 0.6) is 0 Å². The standard InChI is InChI=1S/C12H24N2O2/c1-9-8-15-12(5-13)7-14(9)6-11-4-3-10(2)16-11/h9-12H,3-8,13H2,1-2H3. The van der Waals surface area contributed by atoms with Gasteiger partial charge in [-0.2, -0.15) is 0 Å². The van der Waals surface area contributed by atoms with Crippen molar-refractivity contribution in [3.8, 4) is 0 Å². The molecule has 0 aromatic heterocycles. The summed E-state index contributed by atoms with van der Waals surface area (Å²) < 4.78 is 11.5. The minimum absolute atomic E-state index is 0.204. The number of hydrogen-bond donors (Lipinski definition) is 1. The number of hydrogen-bond acceptors (Lipinski definition) is 4. The van der Waals surface area contributed by atoms with Gasteiger partial charge in [-0.3, -0.25) is 4.90 Å². The maximum atomic E-state index is 5.87. The first-order chi connectivity index (χ1) is 7.69. The molecular formula is C12H24N2O2. The van der Waals surface area contributed by atoms with E-state index in [-0.39, 0.29) is 6.10 Å². The predicted molar refractivity (Wildman–Crippen MR) is 63.4 cm³/mol. The summed E-state index contributed by atoms with van der Waals surface area (Å²) in [6.45, 7) is 7.77. The van der Waals surface area contributed by atoms with Crippen LogP contribution in [0.15, 0.2) is 0 Å². The van der Waals surface area contributed by atoms with E-state index in [1.165, 1.54) is 12.8 Å². The van der Waals surface area contributed by atoms with Crippen molar-refractivity contribution in [3.63, 3.8) is 0 Å². The normalized spacial score (nSPS) is 41.4. The lowest BCUT2D eigenvalue weighted by atomic mass is 10.1. The second-order valence-electron chi connectivity index (χ2n) is 5.14. The second kappa shape index (κ2) is 5.45. The van der Waals surface area contributed by atoms with Crippen molar-refractivity contribution < 1.29 is 9.47 Å². The number of rotatable bonds is 3. The van der Waals surface area contributed by atoms with Gasteiger partial charge >= 0.3 is 0 Å². The smallest absolute Gasteiger partial charge is 0.0824 e. The summed E-state index contributed by atoms with van der Waals surface area (Å²) >= 11 is 0. The van der Waals surface area contributed by atoms with E-state index in [1.54, 1.807) is 0 Å². The van der Waals surface area contributed by atoms with Crippen molar-refractivity contribution in [1.29, 1.82) is 0 Å². The van der Waals surface area contributed by atoms with Gasteiger partial charge in [0.25, 0.3) is 0 Å². The van der Waals surface area contributed by atoms with Crippen LogP contribution in [-0.2, 0) is 9.47 Å². The second-order valence-corrected chi connectivity index (χ2v) is 5.14. The van der Waals surface area contributed by atoms with Crippen LogP contribution in [0.2, 0.25) is 0 Å². The Hall–Kier alpha value is -0.160. The van der Waals surface area contributed by atoms with Crippen molar-refractivity contribution >= 4 is 0 Å². The molecule has 2 aliphatic heterocycles. The third-order valence-corrected chi connectivity index (χ3v) is 3.66. The molecule has 4 nitrogen and oxygen atoms in total. The Morgan fingerprint density at radius 2 is 2.06 bits per heavy atom. The van der Waals surface area contributed by atoms with Gasteiger partial charge in [0.15, 0.2) is 0 Å². The third kappa shape index (κ3) is 2.94. The number of nitrogens with zero attached hydrogens (tertiary/aromatic N) is 1. The van der Waals surface area contributed by atoms with E-state index in [0.29, 0.717) is 24.8 Å². The van der Waals surface area contributed by atoms with Crippen LogP contribution >= 0.6 is 0 Å². The topological polar surface area (TPSA) is 47.7 Å². The minimum Gasteiger partial charge on any atom is -0.374 e. The Kier molecular flexibility index (Phi) is 4.19. The highest BCUT2D eigenvalue weighted by Crippen LogP contribution is 2.22. The summed E-state index contributed by atoms with van der Waals surface area (Å²) in [7, 11) is 0. The van der Waals surface area contributed by atoms with Crippen LogP contribution in [0.1, 0.15) is 26.7 Å². The van der Waals surface area contributed by atoms with E-state index in [4.69, 9.17) is 15.2 Å². The largest absolute Gasteiger partial charge is 0.374 e. The molecule has 2 rings (SSSR count). The van der Waals surface area contributed by atoms with Crippen molar-refractivity contribution in [3.05, 3.63) is 0 Å². The molecule has 94 valence electrons. The van der Waals surface area contributed by atoms with Crippen molar-refractivity contribution in [2.45, 2.75) is 51.0 Å². The molecule has 0 aromatic rings. The summed E-state index contributed by atoms with van der Waals surface area (Å²) in [6, 6.07) is 0.488. The van der Waals surface area contributed by atoms with Gasteiger partial charge in [0.2, 0.25) is 0 Å². The summed E-state index contributed by atoms with van der Waals surface area (Å²) in [5.41, 5.74) is 5.66. The lowest BCUT2D eigenvalue weighted by Gasteiger charge is -2.38. The highest BCUT2D eigenvalue weighted by molar-refractivity contribution is 4.82. The van der Waals surface area contributed by atoms with Crippen LogP contribution in [-0.4, -0.2) is 55.5 Å². The summed E-state index contributed by atoms with van der Waals surface area (Å²) in [6.07, 6.45) is 3.44. The summed E-state index contributed by atoms with van der Waals surface area (Å²) in [5, 5.41) is 0. The molecule has 2 heterocycles. The predicted octanol–water partition coefficient (Wildman–Crippen LogP) is 0.602. The molecule has 2 saturated heterocycles. The Labute approximate surface area is 98.1 Å². The molecule has 0 spiro atoms. The average molecular weight is 228 g/mol. The van der Waals surface area contributed by atoms with Crippen LogP contribution in [0, 0.1) is 0 Å². The van der Waals surface area contributed by atoms with E-state index < -0.39 is 0 Å². The van der Waals surface area contributed by atoms with Gasteiger partial charge in [-0.1, -0.05) is 0 Å². The quantitative estimate of drug-likeness (QED) is 0.768. The van der Waals surface area contributed by atoms with Crippen molar-refractivity contribution in [2.24, 2.45) is 5.73 Å². The fourth-order valence-electron chi connectivity index (χ4n) is 2.55. The van der Waals surface area contributed by atoms with Crippen molar-refractivity contribution in [2.75, 3.05) is 26.2 Å². The number of ether oxygens (including phenoxy) is 2. The number of nitrogens with two attached hydrogens (primary N) is 1. The molecule has 4 unspecified atom stereocenters. The lowest BCUT2D eigenvalue weighted by molar-refractivity contribution is -0.0713. The van der Waals surface area contributed by atoms with Gasteiger partial charge in [0.05, 0.1) is 24.9 Å². The molecule has 4 atom stereocenters. The lowest BCUT2D eigenvalue weighted by Crippen LogP contribution is -2.52. The van der Waals surface area contributed by atoms with E-state index in [1.807, 2.05) is 0 Å². The molecule has 0 radical (unpaired) electrons. The zero-order valence-corrected chi connectivity index (χ0v) is 10.4. The molecule has 0 aliphatic carbocycles. The van der Waals surface area contributed by atoms with E-state index >= 15 is 0 Å². The van der Waals surface area contributed by atoms with Crippen LogP contribution in [0.3, 0.4) is 0 Å². The van der Waals surface area contributed by atoms with E-state index in [0.717, 1.165) is 19.7 Å². The monoisotopic (exact) mass is 228 g/mol. The first-order valence-electron chi connectivity index (χ1n) is 6.40. The molecule has 2 aliphatic rings. The molecule has 16 heavy (non-hydrogen) atoms. The van der Waals surface area contributed by atoms with Crippen LogP contribution in [0.25, 0.3) is 0 Å². The Bertz CT molecular complexity index is 225. The fourth-order valence-corrected chi connectivity index (χ4v) is 2.55. The molecular weight excluding hydrogens is 204 g/mol. The zero-order chi connectivity index (χ0) is 11.5. The van der Waals surface area contributed by atoms with Crippen LogP contribution < -0.4 is 5.73 Å². The molecule has 2 N–H and O–H groups in total. The molecule has 4 heteroatoms. The summed E-state index contributed by atoms with van der Waals surface area (Å²) in [4.78, 5) is 2.46.